The largest absolute Gasteiger partial charge is 0.381 e. The van der Waals surface area contributed by atoms with E-state index in [1.165, 1.54) is 5.56 Å². The van der Waals surface area contributed by atoms with Crippen LogP contribution in [0, 0.1) is 0 Å². The minimum atomic E-state index is 0.663. The van der Waals surface area contributed by atoms with Gasteiger partial charge in [-0.15, -0.1) is 0 Å². The molecule has 0 aromatic heterocycles. The molecule has 2 rings (SSSR count). The summed E-state index contributed by atoms with van der Waals surface area (Å²) in [5, 5.41) is 4.77. The maximum atomic E-state index is 6.01. The van der Waals surface area contributed by atoms with Gasteiger partial charge in [-0.1, -0.05) is 41.4 Å². The number of para-hydroxylation sites is 1. The second-order valence-electron chi connectivity index (χ2n) is 5.03. The third-order valence-corrected chi connectivity index (χ3v) is 3.35. The van der Waals surface area contributed by atoms with Gasteiger partial charge in [-0.05, 0) is 49.5 Å². The number of benzene rings is 2. The smallest absolute Gasteiger partial charge is 0.0424 e. The highest BCUT2D eigenvalue weighted by Gasteiger charge is 2.04. The molecule has 0 spiro atoms. The fourth-order valence-corrected chi connectivity index (χ4v) is 2.65. The third-order valence-electron chi connectivity index (χ3n) is 2.91. The molecule has 0 aliphatic carbocycles. The summed E-state index contributed by atoms with van der Waals surface area (Å²) in [5.74, 6) is 0. The summed E-state index contributed by atoms with van der Waals surface area (Å²) >= 11 is 12.0. The molecule has 4 heteroatoms. The van der Waals surface area contributed by atoms with Crippen molar-refractivity contribution in [2.24, 2.45) is 0 Å². The number of rotatable bonds is 5. The van der Waals surface area contributed by atoms with Crippen LogP contribution in [-0.4, -0.2) is 19.0 Å². The van der Waals surface area contributed by atoms with Crippen LogP contribution in [0.4, 0.5) is 5.69 Å². The molecule has 0 radical (unpaired) electrons. The second kappa shape index (κ2) is 6.98. The van der Waals surface area contributed by atoms with Crippen molar-refractivity contribution in [2.45, 2.75) is 13.1 Å². The Balaban J connectivity index is 2.10. The van der Waals surface area contributed by atoms with E-state index in [4.69, 9.17) is 23.2 Å². The van der Waals surface area contributed by atoms with E-state index in [1.807, 2.05) is 18.2 Å². The molecule has 0 unspecified atom stereocenters. The van der Waals surface area contributed by atoms with Crippen molar-refractivity contribution < 1.29 is 0 Å². The van der Waals surface area contributed by atoms with E-state index in [1.54, 1.807) is 6.07 Å². The molecule has 106 valence electrons. The molecule has 0 saturated carbocycles. The Morgan fingerprint density at radius 2 is 1.65 bits per heavy atom. The van der Waals surface area contributed by atoms with Crippen LogP contribution in [0.3, 0.4) is 0 Å². The Morgan fingerprint density at radius 3 is 2.30 bits per heavy atom. The standard InChI is InChI=1S/C16H18Cl2N2/c1-20(2)11-13-5-3-4-6-16(13)19-10-12-7-14(17)9-15(18)8-12/h3-9,19H,10-11H2,1-2H3. The first-order valence-corrected chi connectivity index (χ1v) is 7.21. The molecule has 20 heavy (non-hydrogen) atoms. The number of hydrogen-bond acceptors (Lipinski definition) is 2. The van der Waals surface area contributed by atoms with E-state index in [0.717, 1.165) is 17.8 Å². The van der Waals surface area contributed by atoms with Crippen molar-refractivity contribution in [2.75, 3.05) is 19.4 Å². The van der Waals surface area contributed by atoms with Crippen LogP contribution >= 0.6 is 23.2 Å². The molecule has 2 aromatic carbocycles. The predicted octanol–water partition coefficient (Wildman–Crippen LogP) is 4.67. The highest BCUT2D eigenvalue weighted by molar-refractivity contribution is 6.34. The lowest BCUT2D eigenvalue weighted by Gasteiger charge is -2.15. The molecule has 0 heterocycles. The summed E-state index contributed by atoms with van der Waals surface area (Å²) in [6.07, 6.45) is 0. The number of anilines is 1. The van der Waals surface area contributed by atoms with Gasteiger partial charge in [-0.25, -0.2) is 0 Å². The molecule has 1 N–H and O–H groups in total. The van der Waals surface area contributed by atoms with Crippen LogP contribution in [0.25, 0.3) is 0 Å². The summed E-state index contributed by atoms with van der Waals surface area (Å²) < 4.78 is 0. The molecule has 0 aliphatic rings. The number of nitrogens with one attached hydrogen (secondary N) is 1. The molecule has 0 bridgehead atoms. The first-order chi connectivity index (χ1) is 9.54. The van der Waals surface area contributed by atoms with Gasteiger partial charge >= 0.3 is 0 Å². The fraction of sp³-hybridized carbons (Fsp3) is 0.250. The first-order valence-electron chi connectivity index (χ1n) is 6.46. The summed E-state index contributed by atoms with van der Waals surface area (Å²) in [7, 11) is 4.13. The summed E-state index contributed by atoms with van der Waals surface area (Å²) in [6, 6.07) is 13.9. The quantitative estimate of drug-likeness (QED) is 0.863. The summed E-state index contributed by atoms with van der Waals surface area (Å²) in [6.45, 7) is 1.60. The highest BCUT2D eigenvalue weighted by atomic mass is 35.5. The third kappa shape index (κ3) is 4.41. The number of nitrogens with zero attached hydrogens (tertiary/aromatic N) is 1. The fourth-order valence-electron chi connectivity index (χ4n) is 2.08. The second-order valence-corrected chi connectivity index (χ2v) is 5.90. The van der Waals surface area contributed by atoms with Crippen molar-refractivity contribution in [3.05, 3.63) is 63.6 Å². The first kappa shape index (κ1) is 15.2. The van der Waals surface area contributed by atoms with Gasteiger partial charge in [-0.2, -0.15) is 0 Å². The lowest BCUT2D eigenvalue weighted by molar-refractivity contribution is 0.403. The van der Waals surface area contributed by atoms with E-state index in [9.17, 15) is 0 Å². The Kier molecular flexibility index (Phi) is 5.30. The van der Waals surface area contributed by atoms with Crippen molar-refractivity contribution in [1.82, 2.24) is 4.90 Å². The minimum Gasteiger partial charge on any atom is -0.381 e. The molecule has 0 saturated heterocycles. The molecule has 0 fully saturated rings. The molecular formula is C16H18Cl2N2. The van der Waals surface area contributed by atoms with Gasteiger partial charge in [0.2, 0.25) is 0 Å². The molecule has 0 atom stereocenters. The van der Waals surface area contributed by atoms with Gasteiger partial charge in [0.15, 0.2) is 0 Å². The van der Waals surface area contributed by atoms with Crippen LogP contribution in [0.15, 0.2) is 42.5 Å². The van der Waals surface area contributed by atoms with Gasteiger partial charge in [0, 0.05) is 28.8 Å². The average molecular weight is 309 g/mol. The van der Waals surface area contributed by atoms with Gasteiger partial charge in [0.05, 0.1) is 0 Å². The van der Waals surface area contributed by atoms with Crippen LogP contribution in [0.5, 0.6) is 0 Å². The van der Waals surface area contributed by atoms with Gasteiger partial charge in [0.25, 0.3) is 0 Å². The van der Waals surface area contributed by atoms with Crippen LogP contribution in [-0.2, 0) is 13.1 Å². The lowest BCUT2D eigenvalue weighted by Crippen LogP contribution is -2.12. The van der Waals surface area contributed by atoms with E-state index in [0.29, 0.717) is 16.6 Å². The Hall–Kier alpha value is -1.22. The van der Waals surface area contributed by atoms with Crippen molar-refractivity contribution in [3.63, 3.8) is 0 Å². The number of halogens is 2. The van der Waals surface area contributed by atoms with Crippen LogP contribution < -0.4 is 5.32 Å². The van der Waals surface area contributed by atoms with Gasteiger partial charge in [-0.3, -0.25) is 0 Å². The monoisotopic (exact) mass is 308 g/mol. The molecule has 2 aromatic rings. The Labute approximate surface area is 130 Å². The summed E-state index contributed by atoms with van der Waals surface area (Å²) in [5.41, 5.74) is 3.48. The van der Waals surface area contributed by atoms with Gasteiger partial charge in [0.1, 0.15) is 0 Å². The Bertz CT molecular complexity index is 562. The number of hydrogen-bond donors (Lipinski definition) is 1. The predicted molar refractivity (Wildman–Crippen MR) is 87.6 cm³/mol. The SMILES string of the molecule is CN(C)Cc1ccccc1NCc1cc(Cl)cc(Cl)c1. The van der Waals surface area contributed by atoms with Crippen LogP contribution in [0.2, 0.25) is 10.0 Å². The Morgan fingerprint density at radius 1 is 1.00 bits per heavy atom. The van der Waals surface area contributed by atoms with Crippen molar-refractivity contribution in [3.8, 4) is 0 Å². The van der Waals surface area contributed by atoms with E-state index in [-0.39, 0.29) is 0 Å². The zero-order valence-corrected chi connectivity index (χ0v) is 13.2. The molecule has 0 aliphatic heterocycles. The van der Waals surface area contributed by atoms with Crippen LogP contribution in [0.1, 0.15) is 11.1 Å². The topological polar surface area (TPSA) is 15.3 Å². The zero-order valence-electron chi connectivity index (χ0n) is 11.7. The highest BCUT2D eigenvalue weighted by Crippen LogP contribution is 2.21. The molecular weight excluding hydrogens is 291 g/mol. The van der Waals surface area contributed by atoms with E-state index < -0.39 is 0 Å². The average Bonchev–Trinajstić information content (AvgIpc) is 2.36. The van der Waals surface area contributed by atoms with E-state index >= 15 is 0 Å². The van der Waals surface area contributed by atoms with Crippen molar-refractivity contribution >= 4 is 28.9 Å². The lowest BCUT2D eigenvalue weighted by atomic mass is 10.1. The van der Waals surface area contributed by atoms with E-state index in [2.05, 4.69) is 42.5 Å². The maximum Gasteiger partial charge on any atom is 0.0424 e. The summed E-state index contributed by atoms with van der Waals surface area (Å²) in [4.78, 5) is 2.15. The molecule has 2 nitrogen and oxygen atoms in total. The zero-order chi connectivity index (χ0) is 14.5. The normalized spacial score (nSPS) is 10.8. The minimum absolute atomic E-state index is 0.663. The van der Waals surface area contributed by atoms with Crippen molar-refractivity contribution in [1.29, 1.82) is 0 Å². The maximum absolute atomic E-state index is 6.01. The molecule has 0 amide bonds. The van der Waals surface area contributed by atoms with Gasteiger partial charge < -0.3 is 10.2 Å².